The van der Waals surface area contributed by atoms with E-state index in [-0.39, 0.29) is 11.7 Å². The van der Waals surface area contributed by atoms with Crippen LogP contribution in [-0.4, -0.2) is 43.1 Å². The van der Waals surface area contributed by atoms with Crippen LogP contribution >= 0.6 is 0 Å². The SMILES string of the molecule is O=C(CCn1cnnn1)N1C2CCC1CC(c1ccc(F)cc1)C2. The van der Waals surface area contributed by atoms with Crippen molar-refractivity contribution in [3.63, 3.8) is 0 Å². The summed E-state index contributed by atoms with van der Waals surface area (Å²) >= 11 is 0. The molecule has 0 radical (unpaired) electrons. The maximum atomic E-state index is 13.1. The lowest BCUT2D eigenvalue weighted by atomic mass is 9.85. The minimum atomic E-state index is -0.197. The highest BCUT2D eigenvalue weighted by molar-refractivity contribution is 5.77. The van der Waals surface area contributed by atoms with Crippen LogP contribution in [-0.2, 0) is 11.3 Å². The lowest BCUT2D eigenvalue weighted by Crippen LogP contribution is -2.46. The van der Waals surface area contributed by atoms with Crippen LogP contribution in [0.25, 0.3) is 0 Å². The molecule has 2 aliphatic heterocycles. The van der Waals surface area contributed by atoms with E-state index in [1.165, 1.54) is 24.0 Å². The summed E-state index contributed by atoms with van der Waals surface area (Å²) in [5, 5.41) is 11.0. The summed E-state index contributed by atoms with van der Waals surface area (Å²) in [6.07, 6.45) is 6.04. The molecule has 1 aromatic heterocycles. The summed E-state index contributed by atoms with van der Waals surface area (Å²) in [7, 11) is 0. The second-order valence-corrected chi connectivity index (χ2v) is 6.73. The molecular formula is C17H20FN5O. The fourth-order valence-electron chi connectivity index (χ4n) is 4.21. The minimum Gasteiger partial charge on any atom is -0.337 e. The van der Waals surface area contributed by atoms with Crippen molar-refractivity contribution in [2.75, 3.05) is 0 Å². The molecule has 2 saturated heterocycles. The Hall–Kier alpha value is -2.31. The Morgan fingerprint density at radius 3 is 2.50 bits per heavy atom. The highest BCUT2D eigenvalue weighted by atomic mass is 19.1. The zero-order valence-corrected chi connectivity index (χ0v) is 13.4. The number of halogens is 1. The Kier molecular flexibility index (Phi) is 4.00. The molecule has 6 nitrogen and oxygen atoms in total. The van der Waals surface area contributed by atoms with Crippen LogP contribution in [0.4, 0.5) is 4.39 Å². The van der Waals surface area contributed by atoms with Gasteiger partial charge in [0.25, 0.3) is 0 Å². The number of amides is 1. The van der Waals surface area contributed by atoms with Gasteiger partial charge in [0.2, 0.25) is 5.91 Å². The maximum Gasteiger partial charge on any atom is 0.224 e. The minimum absolute atomic E-state index is 0.190. The van der Waals surface area contributed by atoms with Crippen LogP contribution in [0.5, 0.6) is 0 Å². The number of aromatic nitrogens is 4. The topological polar surface area (TPSA) is 63.9 Å². The fourth-order valence-corrected chi connectivity index (χ4v) is 4.21. The fraction of sp³-hybridized carbons (Fsp3) is 0.529. The van der Waals surface area contributed by atoms with Crippen LogP contribution < -0.4 is 0 Å². The number of aryl methyl sites for hydroxylation is 1. The van der Waals surface area contributed by atoms with E-state index < -0.39 is 0 Å². The molecule has 2 aliphatic rings. The van der Waals surface area contributed by atoms with E-state index in [0.29, 0.717) is 31.0 Å². The van der Waals surface area contributed by atoms with Crippen molar-refractivity contribution in [1.29, 1.82) is 0 Å². The third-order valence-electron chi connectivity index (χ3n) is 5.31. The molecule has 0 N–H and O–H groups in total. The summed E-state index contributed by atoms with van der Waals surface area (Å²) in [5.41, 5.74) is 1.19. The van der Waals surface area contributed by atoms with Gasteiger partial charge in [0.05, 0.1) is 6.54 Å². The third kappa shape index (κ3) is 2.90. The molecule has 126 valence electrons. The monoisotopic (exact) mass is 329 g/mol. The largest absolute Gasteiger partial charge is 0.337 e. The van der Waals surface area contributed by atoms with Gasteiger partial charge in [-0.25, -0.2) is 9.07 Å². The molecule has 4 rings (SSSR count). The van der Waals surface area contributed by atoms with Crippen LogP contribution in [0.2, 0.25) is 0 Å². The second kappa shape index (κ2) is 6.30. The highest BCUT2D eigenvalue weighted by Crippen LogP contribution is 2.43. The van der Waals surface area contributed by atoms with Gasteiger partial charge < -0.3 is 4.90 Å². The van der Waals surface area contributed by atoms with Gasteiger partial charge in [-0.3, -0.25) is 4.79 Å². The summed E-state index contributed by atoms with van der Waals surface area (Å²) in [4.78, 5) is 14.7. The van der Waals surface area contributed by atoms with Gasteiger partial charge in [0.15, 0.2) is 0 Å². The highest BCUT2D eigenvalue weighted by Gasteiger charge is 2.43. The lowest BCUT2D eigenvalue weighted by Gasteiger charge is -2.39. The van der Waals surface area contributed by atoms with Gasteiger partial charge >= 0.3 is 0 Å². The molecule has 2 atom stereocenters. The standard InChI is InChI=1S/C17H20FN5O/c18-14-3-1-12(2-4-14)13-9-15-5-6-16(10-13)23(15)17(24)7-8-22-11-19-20-21-22/h1-4,11,13,15-16H,5-10H2. The number of hydrogen-bond acceptors (Lipinski definition) is 4. The number of fused-ring (bicyclic) bond motifs is 2. The van der Waals surface area contributed by atoms with Crippen molar-refractivity contribution in [2.45, 2.75) is 56.7 Å². The molecule has 0 aliphatic carbocycles. The predicted molar refractivity (Wildman–Crippen MR) is 84.5 cm³/mol. The van der Waals surface area contributed by atoms with Gasteiger partial charge in [0, 0.05) is 18.5 Å². The molecular weight excluding hydrogens is 309 g/mol. The van der Waals surface area contributed by atoms with Gasteiger partial charge in [-0.05, 0) is 59.7 Å². The lowest BCUT2D eigenvalue weighted by molar-refractivity contribution is -0.136. The maximum absolute atomic E-state index is 13.1. The quantitative estimate of drug-likeness (QED) is 0.862. The number of benzene rings is 1. The molecule has 2 unspecified atom stereocenters. The summed E-state index contributed by atoms with van der Waals surface area (Å²) in [6, 6.07) is 7.44. The van der Waals surface area contributed by atoms with E-state index in [2.05, 4.69) is 20.4 Å². The van der Waals surface area contributed by atoms with Crippen molar-refractivity contribution in [2.24, 2.45) is 0 Å². The molecule has 1 amide bonds. The van der Waals surface area contributed by atoms with Crippen molar-refractivity contribution in [1.82, 2.24) is 25.1 Å². The van der Waals surface area contributed by atoms with Crippen LogP contribution in [0.15, 0.2) is 30.6 Å². The van der Waals surface area contributed by atoms with Crippen molar-refractivity contribution < 1.29 is 9.18 Å². The number of piperidine rings is 1. The first-order valence-corrected chi connectivity index (χ1v) is 8.48. The first kappa shape index (κ1) is 15.2. The first-order chi connectivity index (χ1) is 11.7. The van der Waals surface area contributed by atoms with Gasteiger partial charge in [-0.15, -0.1) is 5.10 Å². The van der Waals surface area contributed by atoms with Crippen molar-refractivity contribution in [3.05, 3.63) is 42.0 Å². The molecule has 3 heterocycles. The normalized spacial score (nSPS) is 25.9. The van der Waals surface area contributed by atoms with Gasteiger partial charge in [-0.1, -0.05) is 12.1 Å². The Morgan fingerprint density at radius 2 is 1.88 bits per heavy atom. The van der Waals surface area contributed by atoms with Crippen LogP contribution in [0.3, 0.4) is 0 Å². The smallest absolute Gasteiger partial charge is 0.224 e. The molecule has 2 fully saturated rings. The molecule has 0 saturated carbocycles. The van der Waals surface area contributed by atoms with Crippen molar-refractivity contribution in [3.8, 4) is 0 Å². The molecule has 7 heteroatoms. The number of tetrazole rings is 1. The van der Waals surface area contributed by atoms with E-state index in [1.807, 2.05) is 12.1 Å². The van der Waals surface area contributed by atoms with E-state index in [4.69, 9.17) is 0 Å². The molecule has 1 aromatic carbocycles. The predicted octanol–water partition coefficient (Wildman–Crippen LogP) is 2.14. The number of carbonyl (C=O) groups excluding carboxylic acids is 1. The average molecular weight is 329 g/mol. The number of rotatable bonds is 4. The van der Waals surface area contributed by atoms with E-state index >= 15 is 0 Å². The Bertz CT molecular complexity index is 688. The van der Waals surface area contributed by atoms with E-state index in [1.54, 1.807) is 4.68 Å². The second-order valence-electron chi connectivity index (χ2n) is 6.73. The first-order valence-electron chi connectivity index (χ1n) is 8.48. The van der Waals surface area contributed by atoms with Gasteiger partial charge in [-0.2, -0.15) is 0 Å². The average Bonchev–Trinajstić information content (AvgIpc) is 3.19. The summed E-state index contributed by atoms with van der Waals surface area (Å²) in [5.74, 6) is 0.416. The third-order valence-corrected chi connectivity index (χ3v) is 5.31. The van der Waals surface area contributed by atoms with E-state index in [9.17, 15) is 9.18 Å². The van der Waals surface area contributed by atoms with Crippen LogP contribution in [0.1, 0.15) is 43.6 Å². The van der Waals surface area contributed by atoms with Crippen molar-refractivity contribution >= 4 is 5.91 Å². The Balaban J connectivity index is 1.41. The molecule has 2 bridgehead atoms. The zero-order valence-electron chi connectivity index (χ0n) is 13.4. The van der Waals surface area contributed by atoms with Crippen LogP contribution in [0, 0.1) is 5.82 Å². The summed E-state index contributed by atoms with van der Waals surface area (Å²) < 4.78 is 14.7. The number of nitrogens with zero attached hydrogens (tertiary/aromatic N) is 5. The summed E-state index contributed by atoms with van der Waals surface area (Å²) in [6.45, 7) is 0.517. The van der Waals surface area contributed by atoms with E-state index in [0.717, 1.165) is 25.7 Å². The Morgan fingerprint density at radius 1 is 1.17 bits per heavy atom. The number of hydrogen-bond donors (Lipinski definition) is 0. The number of carbonyl (C=O) groups is 1. The Labute approximate surface area is 139 Å². The molecule has 2 aromatic rings. The van der Waals surface area contributed by atoms with Gasteiger partial charge in [0.1, 0.15) is 12.1 Å². The molecule has 0 spiro atoms. The molecule has 24 heavy (non-hydrogen) atoms. The zero-order chi connectivity index (χ0) is 16.5.